The third-order valence-electron chi connectivity index (χ3n) is 11.4. The van der Waals surface area contributed by atoms with Gasteiger partial charge in [0, 0.05) is 59.0 Å². The van der Waals surface area contributed by atoms with Crippen LogP contribution in [-0.2, 0) is 16.6 Å². The summed E-state index contributed by atoms with van der Waals surface area (Å²) >= 11 is 0. The number of piperidine rings is 1. The molecule has 0 radical (unpaired) electrons. The Bertz CT molecular complexity index is 2730. The molecule has 8 rings (SSSR count). The number of imide groups is 1. The molecule has 11 nitrogen and oxygen atoms in total. The van der Waals surface area contributed by atoms with E-state index in [1.165, 1.54) is 5.56 Å². The highest BCUT2D eigenvalue weighted by Crippen LogP contribution is 2.42. The molecular formula is C47H44N6O5. The highest BCUT2D eigenvalue weighted by atomic mass is 16.3. The van der Waals surface area contributed by atoms with E-state index in [0.29, 0.717) is 23.2 Å². The van der Waals surface area contributed by atoms with Gasteiger partial charge in [-0.1, -0.05) is 42.2 Å². The SMILES string of the molecule is Cc1cc2c(-c3cccc4cc(-c5ccc(C(=O)NCC#Cc6cccc(NC7CCC(=O)NC7=O)c6)nc5)ncc34)cc(C3CCC(C)(O)CC3)cc2n(C)c1=O. The van der Waals surface area contributed by atoms with Gasteiger partial charge in [0.1, 0.15) is 11.7 Å². The Morgan fingerprint density at radius 2 is 1.74 bits per heavy atom. The molecule has 2 fully saturated rings. The minimum atomic E-state index is -0.644. The highest BCUT2D eigenvalue weighted by Gasteiger charge is 2.30. The summed E-state index contributed by atoms with van der Waals surface area (Å²) < 4.78 is 1.75. The van der Waals surface area contributed by atoms with Crippen LogP contribution >= 0.6 is 0 Å². The van der Waals surface area contributed by atoms with Crippen LogP contribution in [0.2, 0.25) is 0 Å². The average Bonchev–Trinajstić information content (AvgIpc) is 3.22. The number of anilines is 1. The first-order chi connectivity index (χ1) is 27.9. The Labute approximate surface area is 335 Å². The molecular weight excluding hydrogens is 729 g/mol. The minimum Gasteiger partial charge on any atom is -0.390 e. The molecule has 11 heteroatoms. The van der Waals surface area contributed by atoms with E-state index in [9.17, 15) is 24.3 Å². The maximum Gasteiger partial charge on any atom is 0.270 e. The van der Waals surface area contributed by atoms with Crippen LogP contribution in [0.3, 0.4) is 0 Å². The number of carbonyl (C=O) groups excluding carboxylic acids is 3. The standard InChI is InChI=1S/C47H44N6O5/c1-28-21-37-36(23-33(25-42(37)53(3)46(28)57)30-16-18-47(2,58)19-17-30)35-11-5-9-31-24-41(50-27-38(31)35)32-12-13-39(49-26-32)44(55)48-20-6-8-29-7-4-10-34(22-29)51-40-14-15-43(54)52-45(40)56/h4-5,7,9-13,21-27,30,40,51,58H,14-20H2,1-3H3,(H,48,55)(H,52,54,56). The number of nitrogens with one attached hydrogen (secondary N) is 3. The Balaban J connectivity index is 0.984. The van der Waals surface area contributed by atoms with Gasteiger partial charge in [-0.25, -0.2) is 0 Å². The zero-order valence-electron chi connectivity index (χ0n) is 32.7. The van der Waals surface area contributed by atoms with Gasteiger partial charge in [-0.3, -0.25) is 34.5 Å². The van der Waals surface area contributed by atoms with Gasteiger partial charge in [0.2, 0.25) is 11.8 Å². The Morgan fingerprint density at radius 1 is 0.931 bits per heavy atom. The smallest absolute Gasteiger partial charge is 0.270 e. The largest absolute Gasteiger partial charge is 0.390 e. The first kappa shape index (κ1) is 38.2. The number of carbonyl (C=O) groups is 3. The van der Waals surface area contributed by atoms with E-state index in [1.807, 2.05) is 75.6 Å². The van der Waals surface area contributed by atoms with Crippen molar-refractivity contribution >= 4 is 45.1 Å². The van der Waals surface area contributed by atoms with Gasteiger partial charge in [0.05, 0.1) is 23.4 Å². The fourth-order valence-corrected chi connectivity index (χ4v) is 8.10. The molecule has 1 saturated heterocycles. The Kier molecular flexibility index (Phi) is 10.4. The molecule has 1 aliphatic heterocycles. The van der Waals surface area contributed by atoms with Crippen molar-refractivity contribution in [3.63, 3.8) is 0 Å². The predicted molar refractivity (Wildman–Crippen MR) is 225 cm³/mol. The summed E-state index contributed by atoms with van der Waals surface area (Å²) in [5.41, 5.74) is 7.30. The summed E-state index contributed by atoms with van der Waals surface area (Å²) in [6.07, 6.45) is 7.46. The maximum absolute atomic E-state index is 13.1. The van der Waals surface area contributed by atoms with Crippen molar-refractivity contribution in [3.05, 3.63) is 124 Å². The lowest BCUT2D eigenvalue weighted by molar-refractivity contribution is -0.133. The van der Waals surface area contributed by atoms with E-state index in [-0.39, 0.29) is 47.9 Å². The lowest BCUT2D eigenvalue weighted by Crippen LogP contribution is -2.47. The molecule has 58 heavy (non-hydrogen) atoms. The fourth-order valence-electron chi connectivity index (χ4n) is 8.10. The summed E-state index contributed by atoms with van der Waals surface area (Å²) in [4.78, 5) is 58.9. The van der Waals surface area contributed by atoms with Gasteiger partial charge >= 0.3 is 0 Å². The zero-order chi connectivity index (χ0) is 40.6. The fraction of sp³-hybridized carbons (Fsp3) is 0.277. The van der Waals surface area contributed by atoms with Crippen LogP contribution in [0.4, 0.5) is 5.69 Å². The number of hydrogen-bond acceptors (Lipinski definition) is 8. The van der Waals surface area contributed by atoms with Crippen LogP contribution in [0.1, 0.15) is 78.5 Å². The van der Waals surface area contributed by atoms with E-state index >= 15 is 0 Å². The first-order valence-electron chi connectivity index (χ1n) is 19.6. The van der Waals surface area contributed by atoms with Crippen LogP contribution < -0.4 is 21.5 Å². The van der Waals surface area contributed by atoms with Crippen LogP contribution in [0, 0.1) is 18.8 Å². The van der Waals surface area contributed by atoms with Gasteiger partial charge in [-0.05, 0) is 122 Å². The van der Waals surface area contributed by atoms with Crippen molar-refractivity contribution in [2.75, 3.05) is 11.9 Å². The van der Waals surface area contributed by atoms with Gasteiger partial charge in [-0.15, -0.1) is 0 Å². The summed E-state index contributed by atoms with van der Waals surface area (Å²) in [5, 5.41) is 21.9. The number of aliphatic hydroxyl groups is 1. The average molecular weight is 773 g/mol. The number of amides is 3. The molecule has 4 N–H and O–H groups in total. The van der Waals surface area contributed by atoms with E-state index < -0.39 is 11.6 Å². The van der Waals surface area contributed by atoms with Crippen molar-refractivity contribution in [3.8, 4) is 34.2 Å². The molecule has 1 atom stereocenters. The van der Waals surface area contributed by atoms with Gasteiger partial charge in [-0.2, -0.15) is 0 Å². The number of benzene rings is 3. The topological polar surface area (TPSA) is 155 Å². The van der Waals surface area contributed by atoms with Gasteiger partial charge in [0.25, 0.3) is 11.5 Å². The molecule has 3 amide bonds. The van der Waals surface area contributed by atoms with E-state index in [0.717, 1.165) is 69.7 Å². The zero-order valence-corrected chi connectivity index (χ0v) is 32.7. The van der Waals surface area contributed by atoms with Gasteiger partial charge in [0.15, 0.2) is 0 Å². The molecule has 0 spiro atoms. The third kappa shape index (κ3) is 7.97. The molecule has 1 unspecified atom stereocenters. The summed E-state index contributed by atoms with van der Waals surface area (Å²) in [6.45, 7) is 3.87. The minimum absolute atomic E-state index is 0.0155. The van der Waals surface area contributed by atoms with Crippen LogP contribution in [0.15, 0.2) is 96.1 Å². The van der Waals surface area contributed by atoms with E-state index in [1.54, 1.807) is 16.8 Å². The molecule has 3 aromatic carbocycles. The second-order valence-corrected chi connectivity index (χ2v) is 15.7. The number of fused-ring (bicyclic) bond motifs is 2. The van der Waals surface area contributed by atoms with Gasteiger partial charge < -0.3 is 20.3 Å². The number of nitrogens with zero attached hydrogens (tertiary/aromatic N) is 3. The lowest BCUT2D eigenvalue weighted by Gasteiger charge is -2.33. The van der Waals surface area contributed by atoms with Crippen molar-refractivity contribution in [1.29, 1.82) is 0 Å². The lowest BCUT2D eigenvalue weighted by atomic mass is 9.76. The molecule has 1 saturated carbocycles. The Morgan fingerprint density at radius 3 is 2.52 bits per heavy atom. The van der Waals surface area contributed by atoms with E-state index in [4.69, 9.17) is 4.98 Å². The van der Waals surface area contributed by atoms with Crippen LogP contribution in [-0.4, -0.2) is 55.6 Å². The number of hydrogen-bond donors (Lipinski definition) is 4. The maximum atomic E-state index is 13.1. The molecule has 4 heterocycles. The van der Waals surface area contributed by atoms with Crippen molar-refractivity contribution < 1.29 is 19.5 Å². The summed E-state index contributed by atoms with van der Waals surface area (Å²) in [6, 6.07) is 24.9. The predicted octanol–water partition coefficient (Wildman–Crippen LogP) is 6.53. The van der Waals surface area contributed by atoms with Crippen LogP contribution in [0.25, 0.3) is 44.1 Å². The summed E-state index contributed by atoms with van der Waals surface area (Å²) in [5.74, 6) is 5.32. The normalized spacial score (nSPS) is 19.3. The second-order valence-electron chi connectivity index (χ2n) is 15.7. The molecule has 6 aromatic rings. The van der Waals surface area contributed by atoms with E-state index in [2.05, 4.69) is 57.0 Å². The highest BCUT2D eigenvalue weighted by molar-refractivity contribution is 6.06. The number of aromatic nitrogens is 3. The molecule has 2 aliphatic rings. The molecule has 3 aromatic heterocycles. The quantitative estimate of drug-likeness (QED) is 0.106. The third-order valence-corrected chi connectivity index (χ3v) is 11.4. The first-order valence-corrected chi connectivity index (χ1v) is 19.6. The number of aryl methyl sites for hydroxylation is 2. The number of pyridine rings is 3. The molecule has 0 bridgehead atoms. The molecule has 1 aliphatic carbocycles. The Hall–Kier alpha value is -6.64. The van der Waals surface area contributed by atoms with Crippen LogP contribution in [0.5, 0.6) is 0 Å². The van der Waals surface area contributed by atoms with Crippen molar-refractivity contribution in [2.24, 2.45) is 7.05 Å². The monoisotopic (exact) mass is 772 g/mol. The second kappa shape index (κ2) is 15.7. The summed E-state index contributed by atoms with van der Waals surface area (Å²) in [7, 11) is 1.83. The molecule has 292 valence electrons. The van der Waals surface area contributed by atoms with Crippen molar-refractivity contribution in [2.45, 2.75) is 69.9 Å². The number of rotatable bonds is 7. The van der Waals surface area contributed by atoms with Crippen molar-refractivity contribution in [1.82, 2.24) is 25.2 Å².